The number of nitriles is 1. The molecule has 3 nitrogen and oxygen atoms in total. The molecule has 1 fully saturated rings. The van der Waals surface area contributed by atoms with E-state index in [9.17, 15) is 13.2 Å². The molecule has 7 heteroatoms. The van der Waals surface area contributed by atoms with Crippen LogP contribution in [0.5, 0.6) is 0 Å². The lowest BCUT2D eigenvalue weighted by atomic mass is 9.96. The van der Waals surface area contributed by atoms with E-state index in [0.29, 0.717) is 23.7 Å². The van der Waals surface area contributed by atoms with Crippen molar-refractivity contribution in [2.24, 2.45) is 5.92 Å². The van der Waals surface area contributed by atoms with Crippen molar-refractivity contribution in [1.82, 2.24) is 0 Å². The molecule has 0 aliphatic carbocycles. The maximum atomic E-state index is 12.5. The number of thiophene rings is 1. The first-order chi connectivity index (χ1) is 8.41. The average molecular weight is 275 g/mol. The van der Waals surface area contributed by atoms with Crippen molar-refractivity contribution in [2.45, 2.75) is 19.0 Å². The molecule has 1 aromatic heterocycles. The van der Waals surface area contributed by atoms with Gasteiger partial charge in [0.25, 0.3) is 0 Å². The third kappa shape index (κ3) is 2.53. The first kappa shape index (κ1) is 13.0. The first-order valence-corrected chi connectivity index (χ1v) is 6.34. The summed E-state index contributed by atoms with van der Waals surface area (Å²) in [6.07, 6.45) is -3.90. The highest BCUT2D eigenvalue weighted by molar-refractivity contribution is 7.17. The van der Waals surface area contributed by atoms with Crippen LogP contribution in [0.3, 0.4) is 0 Å². The van der Waals surface area contributed by atoms with Gasteiger partial charge in [-0.1, -0.05) is 0 Å². The molecule has 2 rings (SSSR count). The summed E-state index contributed by atoms with van der Waals surface area (Å²) in [7, 11) is 0. The molecule has 0 bridgehead atoms. The average Bonchev–Trinajstić information content (AvgIpc) is 2.69. The molecule has 0 saturated carbocycles. The van der Waals surface area contributed by atoms with Crippen molar-refractivity contribution < 1.29 is 13.2 Å². The quantitative estimate of drug-likeness (QED) is 0.857. The molecule has 0 radical (unpaired) electrons. The molecular weight excluding hydrogens is 263 g/mol. The molecule has 18 heavy (non-hydrogen) atoms. The van der Waals surface area contributed by atoms with Crippen LogP contribution in [0.2, 0.25) is 0 Å². The Labute approximate surface area is 107 Å². The Balaban J connectivity index is 2.04. The summed E-state index contributed by atoms with van der Waals surface area (Å²) in [6.45, 7) is 0.712. The zero-order valence-electron chi connectivity index (χ0n) is 9.50. The van der Waals surface area contributed by atoms with Gasteiger partial charge in [-0.3, -0.25) is 0 Å². The number of piperidine rings is 1. The van der Waals surface area contributed by atoms with Gasteiger partial charge >= 0.3 is 6.18 Å². The number of anilines is 2. The summed E-state index contributed by atoms with van der Waals surface area (Å²) in [4.78, 5) is 2.28. The molecule has 0 unspecified atom stereocenters. The van der Waals surface area contributed by atoms with Crippen LogP contribution >= 0.6 is 11.3 Å². The van der Waals surface area contributed by atoms with E-state index >= 15 is 0 Å². The van der Waals surface area contributed by atoms with Crippen LogP contribution in [0.25, 0.3) is 0 Å². The second-order valence-corrected chi connectivity index (χ2v) is 5.31. The Morgan fingerprint density at radius 2 is 2.00 bits per heavy atom. The lowest BCUT2D eigenvalue weighted by molar-refractivity contribution is -0.179. The largest absolute Gasteiger partial charge is 0.397 e. The summed E-state index contributed by atoms with van der Waals surface area (Å²) < 4.78 is 37.5. The standard InChI is InChI=1S/C11H12F3N3S/c12-11(13,14)7-1-3-17(4-2-7)10-5-8(16)9(6-15)18-10/h5,7H,1-4,16H2. The van der Waals surface area contributed by atoms with Crippen LogP contribution in [0.15, 0.2) is 6.07 Å². The van der Waals surface area contributed by atoms with Crippen molar-refractivity contribution >= 4 is 22.0 Å². The molecule has 1 aliphatic rings. The minimum atomic E-state index is -4.10. The molecule has 0 atom stereocenters. The minimum Gasteiger partial charge on any atom is -0.397 e. The number of nitrogens with two attached hydrogens (primary N) is 1. The molecule has 0 spiro atoms. The van der Waals surface area contributed by atoms with Crippen LogP contribution in [0.1, 0.15) is 17.7 Å². The van der Waals surface area contributed by atoms with Crippen LogP contribution in [0, 0.1) is 17.2 Å². The van der Waals surface area contributed by atoms with Crippen molar-refractivity contribution in [1.29, 1.82) is 5.26 Å². The number of rotatable bonds is 1. The van der Waals surface area contributed by atoms with Gasteiger partial charge in [0.15, 0.2) is 0 Å². The Morgan fingerprint density at radius 3 is 2.44 bits per heavy atom. The van der Waals surface area contributed by atoms with Gasteiger partial charge in [-0.05, 0) is 18.9 Å². The lowest BCUT2D eigenvalue weighted by Crippen LogP contribution is -2.38. The smallest absolute Gasteiger partial charge is 0.391 e. The van der Waals surface area contributed by atoms with Crippen LogP contribution in [-0.4, -0.2) is 19.3 Å². The van der Waals surface area contributed by atoms with E-state index in [4.69, 9.17) is 11.0 Å². The molecular formula is C11H12F3N3S. The highest BCUT2D eigenvalue weighted by Gasteiger charge is 2.41. The Hall–Kier alpha value is -1.42. The second kappa shape index (κ2) is 4.69. The fourth-order valence-electron chi connectivity index (χ4n) is 2.06. The highest BCUT2D eigenvalue weighted by atomic mass is 32.1. The molecule has 2 heterocycles. The van der Waals surface area contributed by atoms with E-state index in [-0.39, 0.29) is 12.8 Å². The monoisotopic (exact) mass is 275 g/mol. The maximum Gasteiger partial charge on any atom is 0.391 e. The minimum absolute atomic E-state index is 0.100. The lowest BCUT2D eigenvalue weighted by Gasteiger charge is -2.33. The van der Waals surface area contributed by atoms with E-state index in [1.54, 1.807) is 6.07 Å². The summed E-state index contributed by atoms with van der Waals surface area (Å²) in [5.41, 5.74) is 6.03. The molecule has 0 amide bonds. The van der Waals surface area contributed by atoms with Crippen LogP contribution in [0.4, 0.5) is 23.9 Å². The van der Waals surface area contributed by atoms with Gasteiger partial charge in [0, 0.05) is 13.1 Å². The van der Waals surface area contributed by atoms with E-state index in [1.807, 2.05) is 11.0 Å². The Kier molecular flexibility index (Phi) is 3.39. The van der Waals surface area contributed by atoms with Crippen molar-refractivity contribution in [3.8, 4) is 6.07 Å². The van der Waals surface area contributed by atoms with E-state index in [2.05, 4.69) is 0 Å². The van der Waals surface area contributed by atoms with Crippen molar-refractivity contribution in [2.75, 3.05) is 23.7 Å². The van der Waals surface area contributed by atoms with Gasteiger partial charge in [-0.15, -0.1) is 11.3 Å². The number of hydrogen-bond acceptors (Lipinski definition) is 4. The zero-order chi connectivity index (χ0) is 13.3. The Bertz CT molecular complexity index is 467. The van der Waals surface area contributed by atoms with E-state index in [0.717, 1.165) is 5.00 Å². The summed E-state index contributed by atoms with van der Waals surface area (Å²) in [6, 6.07) is 3.64. The van der Waals surface area contributed by atoms with Gasteiger partial charge in [0.2, 0.25) is 0 Å². The third-order valence-electron chi connectivity index (χ3n) is 3.12. The summed E-state index contributed by atoms with van der Waals surface area (Å²) >= 11 is 1.23. The molecule has 1 aliphatic heterocycles. The fraction of sp³-hybridized carbons (Fsp3) is 0.545. The van der Waals surface area contributed by atoms with Gasteiger partial charge < -0.3 is 10.6 Å². The maximum absolute atomic E-state index is 12.5. The number of nitrogen functional groups attached to an aromatic ring is 1. The third-order valence-corrected chi connectivity index (χ3v) is 4.24. The van der Waals surface area contributed by atoms with Crippen LogP contribution < -0.4 is 10.6 Å². The summed E-state index contributed by atoms with van der Waals surface area (Å²) in [5, 5.41) is 9.57. The summed E-state index contributed by atoms with van der Waals surface area (Å²) in [5.74, 6) is -1.21. The van der Waals surface area contributed by atoms with Gasteiger partial charge in [0.05, 0.1) is 16.6 Å². The highest BCUT2D eigenvalue weighted by Crippen LogP contribution is 2.38. The Morgan fingerprint density at radius 1 is 1.39 bits per heavy atom. The van der Waals surface area contributed by atoms with E-state index in [1.165, 1.54) is 11.3 Å². The number of alkyl halides is 3. The van der Waals surface area contributed by atoms with E-state index < -0.39 is 12.1 Å². The number of halogens is 3. The number of nitrogens with zero attached hydrogens (tertiary/aromatic N) is 2. The molecule has 2 N–H and O–H groups in total. The topological polar surface area (TPSA) is 53.0 Å². The molecule has 98 valence electrons. The van der Waals surface area contributed by atoms with Gasteiger partial charge in [0.1, 0.15) is 10.9 Å². The van der Waals surface area contributed by atoms with Gasteiger partial charge in [-0.25, -0.2) is 0 Å². The fourth-order valence-corrected chi connectivity index (χ4v) is 2.99. The normalized spacial score (nSPS) is 17.8. The number of hydrogen-bond donors (Lipinski definition) is 1. The second-order valence-electron chi connectivity index (χ2n) is 4.28. The SMILES string of the molecule is N#Cc1sc(N2CCC(C(F)(F)F)CC2)cc1N. The zero-order valence-corrected chi connectivity index (χ0v) is 10.3. The van der Waals surface area contributed by atoms with Crippen molar-refractivity contribution in [3.63, 3.8) is 0 Å². The molecule has 0 aromatic carbocycles. The van der Waals surface area contributed by atoms with Gasteiger partial charge in [-0.2, -0.15) is 18.4 Å². The first-order valence-electron chi connectivity index (χ1n) is 5.53. The predicted octanol–water partition coefficient (Wildman–Crippen LogP) is 2.98. The van der Waals surface area contributed by atoms with Crippen LogP contribution in [-0.2, 0) is 0 Å². The van der Waals surface area contributed by atoms with Crippen molar-refractivity contribution in [3.05, 3.63) is 10.9 Å². The molecule has 1 saturated heterocycles. The molecule has 1 aromatic rings. The predicted molar refractivity (Wildman–Crippen MR) is 64.4 cm³/mol.